The number of nitrogens with zero attached hydrogens (tertiary/aromatic N) is 1. The van der Waals surface area contributed by atoms with Crippen LogP contribution < -0.4 is 4.74 Å². The summed E-state index contributed by atoms with van der Waals surface area (Å²) in [4.78, 5) is 5.00. The highest BCUT2D eigenvalue weighted by Crippen LogP contribution is 2.37. The number of fused-ring (bicyclic) bond motifs is 1. The fourth-order valence-corrected chi connectivity index (χ4v) is 3.82. The van der Waals surface area contributed by atoms with E-state index in [0.29, 0.717) is 5.92 Å². The summed E-state index contributed by atoms with van der Waals surface area (Å²) in [5, 5.41) is 1.17. The van der Waals surface area contributed by atoms with Crippen molar-refractivity contribution in [3.05, 3.63) is 60.3 Å². The Morgan fingerprint density at radius 3 is 2.46 bits per heavy atom. The number of aromatic nitrogens is 1. The lowest BCUT2D eigenvalue weighted by Crippen LogP contribution is -2.07. The minimum absolute atomic E-state index is 0.604. The molecule has 0 spiro atoms. The molecule has 1 heterocycles. The van der Waals surface area contributed by atoms with Gasteiger partial charge in [0.2, 0.25) is 0 Å². The van der Waals surface area contributed by atoms with E-state index in [1.165, 1.54) is 54.3 Å². The van der Waals surface area contributed by atoms with Crippen LogP contribution in [-0.2, 0) is 0 Å². The van der Waals surface area contributed by atoms with Crippen LogP contribution in [0.2, 0.25) is 0 Å². The molecule has 2 nitrogen and oxygen atoms in total. The normalized spacial score (nSPS) is 15.5. The molecule has 0 N–H and O–H groups in total. The fraction of sp³-hybridized carbons (Fsp3) is 0.318. The van der Waals surface area contributed by atoms with E-state index in [2.05, 4.69) is 48.5 Å². The Morgan fingerprint density at radius 2 is 1.71 bits per heavy atom. The molecular weight excluding hydrogens is 294 g/mol. The molecule has 1 aliphatic carbocycles. The van der Waals surface area contributed by atoms with Gasteiger partial charge in [-0.05, 0) is 48.2 Å². The summed E-state index contributed by atoms with van der Waals surface area (Å²) in [6.45, 7) is 0. The van der Waals surface area contributed by atoms with Crippen LogP contribution in [0.3, 0.4) is 0 Å². The van der Waals surface area contributed by atoms with Gasteiger partial charge in [0.1, 0.15) is 5.75 Å². The molecule has 0 bridgehead atoms. The van der Waals surface area contributed by atoms with Crippen LogP contribution >= 0.6 is 0 Å². The summed E-state index contributed by atoms with van der Waals surface area (Å²) < 4.78 is 5.43. The smallest absolute Gasteiger partial charge is 0.119 e. The highest BCUT2D eigenvalue weighted by Gasteiger charge is 2.19. The molecule has 1 saturated carbocycles. The second-order valence-corrected chi connectivity index (χ2v) is 6.68. The average Bonchev–Trinajstić information content (AvgIpc) is 2.68. The summed E-state index contributed by atoms with van der Waals surface area (Å²) in [5.41, 5.74) is 4.83. The molecule has 2 aromatic carbocycles. The second-order valence-electron chi connectivity index (χ2n) is 6.68. The molecule has 1 fully saturated rings. The van der Waals surface area contributed by atoms with Crippen LogP contribution in [0.25, 0.3) is 22.0 Å². The van der Waals surface area contributed by atoms with Gasteiger partial charge < -0.3 is 4.74 Å². The lowest BCUT2D eigenvalue weighted by atomic mass is 9.85. The SMILES string of the molecule is COc1ccc2nc(C3CCCCC3)cc(-c3ccccc3)c2c1. The molecule has 3 aromatic rings. The Hall–Kier alpha value is -2.35. The van der Waals surface area contributed by atoms with Gasteiger partial charge in [0.25, 0.3) is 0 Å². The molecule has 0 unspecified atom stereocenters. The molecule has 0 atom stereocenters. The Kier molecular flexibility index (Phi) is 4.20. The van der Waals surface area contributed by atoms with Crippen molar-refractivity contribution < 1.29 is 4.74 Å². The van der Waals surface area contributed by atoms with E-state index in [4.69, 9.17) is 9.72 Å². The van der Waals surface area contributed by atoms with Crippen molar-refractivity contribution in [2.45, 2.75) is 38.0 Å². The zero-order valence-corrected chi connectivity index (χ0v) is 14.2. The maximum absolute atomic E-state index is 5.43. The molecule has 0 amide bonds. The Balaban J connectivity index is 1.91. The van der Waals surface area contributed by atoms with Crippen molar-refractivity contribution in [1.29, 1.82) is 0 Å². The summed E-state index contributed by atoms with van der Waals surface area (Å²) in [7, 11) is 1.72. The summed E-state index contributed by atoms with van der Waals surface area (Å²) >= 11 is 0. The minimum atomic E-state index is 0.604. The van der Waals surface area contributed by atoms with Gasteiger partial charge >= 0.3 is 0 Å². The van der Waals surface area contributed by atoms with Gasteiger partial charge in [-0.25, -0.2) is 0 Å². The first-order chi connectivity index (χ1) is 11.8. The number of methoxy groups -OCH3 is 1. The predicted octanol–water partition coefficient (Wildman–Crippen LogP) is 5.96. The summed E-state index contributed by atoms with van der Waals surface area (Å²) in [5.74, 6) is 1.49. The third kappa shape index (κ3) is 2.89. The molecule has 0 radical (unpaired) electrons. The van der Waals surface area contributed by atoms with E-state index < -0.39 is 0 Å². The number of hydrogen-bond acceptors (Lipinski definition) is 2. The van der Waals surface area contributed by atoms with E-state index in [9.17, 15) is 0 Å². The van der Waals surface area contributed by atoms with Crippen LogP contribution in [0.15, 0.2) is 54.6 Å². The van der Waals surface area contributed by atoms with Crippen LogP contribution in [-0.4, -0.2) is 12.1 Å². The van der Waals surface area contributed by atoms with Crippen LogP contribution in [0.4, 0.5) is 0 Å². The zero-order valence-electron chi connectivity index (χ0n) is 14.2. The largest absolute Gasteiger partial charge is 0.497 e. The van der Waals surface area contributed by atoms with Crippen molar-refractivity contribution in [2.24, 2.45) is 0 Å². The predicted molar refractivity (Wildman–Crippen MR) is 99.6 cm³/mol. The van der Waals surface area contributed by atoms with Crippen molar-refractivity contribution in [3.63, 3.8) is 0 Å². The van der Waals surface area contributed by atoms with Gasteiger partial charge in [0, 0.05) is 17.0 Å². The molecule has 122 valence electrons. The lowest BCUT2D eigenvalue weighted by Gasteiger charge is -2.22. The fourth-order valence-electron chi connectivity index (χ4n) is 3.82. The summed E-state index contributed by atoms with van der Waals surface area (Å²) in [6.07, 6.45) is 6.56. The maximum atomic E-state index is 5.43. The first-order valence-corrected chi connectivity index (χ1v) is 8.89. The van der Waals surface area contributed by atoms with Crippen molar-refractivity contribution in [2.75, 3.05) is 7.11 Å². The van der Waals surface area contributed by atoms with Gasteiger partial charge in [-0.2, -0.15) is 0 Å². The molecule has 1 aliphatic rings. The highest BCUT2D eigenvalue weighted by atomic mass is 16.5. The topological polar surface area (TPSA) is 22.1 Å². The maximum Gasteiger partial charge on any atom is 0.119 e. The van der Waals surface area contributed by atoms with E-state index in [0.717, 1.165) is 11.3 Å². The Bertz CT molecular complexity index is 835. The molecule has 2 heteroatoms. The standard InChI is InChI=1S/C22H23NO/c1-24-18-12-13-21-20(14-18)19(16-8-4-2-5-9-16)15-22(23-21)17-10-6-3-7-11-17/h2,4-5,8-9,12-15,17H,3,6-7,10-11H2,1H3. The van der Waals surface area contributed by atoms with Crippen LogP contribution in [0.5, 0.6) is 5.75 Å². The minimum Gasteiger partial charge on any atom is -0.497 e. The molecule has 4 rings (SSSR count). The zero-order chi connectivity index (χ0) is 16.4. The molecule has 1 aromatic heterocycles. The molecule has 0 aliphatic heterocycles. The number of benzene rings is 2. The first kappa shape index (κ1) is 15.2. The summed E-state index contributed by atoms with van der Waals surface area (Å²) in [6, 6.07) is 19.1. The quantitative estimate of drug-likeness (QED) is 0.595. The van der Waals surface area contributed by atoms with Crippen molar-refractivity contribution >= 4 is 10.9 Å². The van der Waals surface area contributed by atoms with Gasteiger partial charge in [-0.1, -0.05) is 49.6 Å². The van der Waals surface area contributed by atoms with E-state index in [1.54, 1.807) is 7.11 Å². The van der Waals surface area contributed by atoms with Gasteiger partial charge in [0.15, 0.2) is 0 Å². The van der Waals surface area contributed by atoms with E-state index in [-0.39, 0.29) is 0 Å². The van der Waals surface area contributed by atoms with Crippen LogP contribution in [0.1, 0.15) is 43.7 Å². The third-order valence-corrected chi connectivity index (χ3v) is 5.14. The lowest BCUT2D eigenvalue weighted by molar-refractivity contribution is 0.415. The number of hydrogen-bond donors (Lipinski definition) is 0. The van der Waals surface area contributed by atoms with Crippen LogP contribution in [0, 0.1) is 0 Å². The van der Waals surface area contributed by atoms with E-state index in [1.807, 2.05) is 6.07 Å². The second kappa shape index (κ2) is 6.64. The Labute approximate surface area is 143 Å². The first-order valence-electron chi connectivity index (χ1n) is 8.89. The van der Waals surface area contributed by atoms with Crippen molar-refractivity contribution in [1.82, 2.24) is 4.98 Å². The number of pyridine rings is 1. The average molecular weight is 317 g/mol. The van der Waals surface area contributed by atoms with Gasteiger partial charge in [-0.15, -0.1) is 0 Å². The van der Waals surface area contributed by atoms with Crippen molar-refractivity contribution in [3.8, 4) is 16.9 Å². The highest BCUT2D eigenvalue weighted by molar-refractivity contribution is 5.95. The van der Waals surface area contributed by atoms with Gasteiger partial charge in [-0.3, -0.25) is 4.98 Å². The van der Waals surface area contributed by atoms with Gasteiger partial charge in [0.05, 0.1) is 12.6 Å². The monoisotopic (exact) mass is 317 g/mol. The Morgan fingerprint density at radius 1 is 0.917 bits per heavy atom. The molecular formula is C22H23NO. The molecule has 0 saturated heterocycles. The van der Waals surface area contributed by atoms with E-state index >= 15 is 0 Å². The molecule has 24 heavy (non-hydrogen) atoms. The number of ether oxygens (including phenoxy) is 1. The number of rotatable bonds is 3. The third-order valence-electron chi connectivity index (χ3n) is 5.14.